The molecule has 0 radical (unpaired) electrons. The minimum Gasteiger partial charge on any atom is -0.376 e. The van der Waals surface area contributed by atoms with E-state index in [-0.39, 0.29) is 6.10 Å². The molecule has 2 heterocycles. The Morgan fingerprint density at radius 1 is 1.21 bits per heavy atom. The van der Waals surface area contributed by atoms with E-state index in [0.29, 0.717) is 5.11 Å². The Morgan fingerprint density at radius 2 is 2.04 bits per heavy atom. The quantitative estimate of drug-likeness (QED) is 0.636. The van der Waals surface area contributed by atoms with Crippen molar-refractivity contribution in [3.63, 3.8) is 0 Å². The number of nitrogens with one attached hydrogen (secondary N) is 2. The molecule has 1 aliphatic heterocycles. The molecule has 5 nitrogen and oxygen atoms in total. The molecule has 1 saturated heterocycles. The van der Waals surface area contributed by atoms with Gasteiger partial charge in [0.25, 0.3) is 0 Å². The topological polar surface area (TPSA) is 51.1 Å². The Morgan fingerprint density at radius 3 is 2.86 bits per heavy atom. The molecular weight excluding hydrogens is 368 g/mol. The Bertz CT molecular complexity index is 986. The molecule has 1 aliphatic rings. The van der Waals surface area contributed by atoms with Crippen molar-refractivity contribution in [3.8, 4) is 0 Å². The summed E-state index contributed by atoms with van der Waals surface area (Å²) in [7, 11) is 0. The van der Waals surface area contributed by atoms with Crippen LogP contribution in [0.1, 0.15) is 29.8 Å². The minimum atomic E-state index is 0.260. The van der Waals surface area contributed by atoms with Crippen molar-refractivity contribution in [2.24, 2.45) is 0 Å². The lowest BCUT2D eigenvalue weighted by molar-refractivity contribution is 0.114. The van der Waals surface area contributed by atoms with E-state index in [1.807, 2.05) is 11.6 Å². The molecule has 1 fully saturated rings. The lowest BCUT2D eigenvalue weighted by Crippen LogP contribution is -2.35. The first kappa shape index (κ1) is 18.9. The average molecular weight is 395 g/mol. The molecule has 2 aromatic carbocycles. The lowest BCUT2D eigenvalue weighted by Gasteiger charge is -2.14. The SMILES string of the molecule is Cc1nn(Cc2cccc3ccccc23)c(C)c1NC(=S)NCC1CCCO1. The van der Waals surface area contributed by atoms with Gasteiger partial charge in [0.1, 0.15) is 0 Å². The maximum Gasteiger partial charge on any atom is 0.170 e. The summed E-state index contributed by atoms with van der Waals surface area (Å²) in [5, 5.41) is 14.5. The van der Waals surface area contributed by atoms with Gasteiger partial charge >= 0.3 is 0 Å². The van der Waals surface area contributed by atoms with Crippen molar-refractivity contribution in [2.45, 2.75) is 39.3 Å². The van der Waals surface area contributed by atoms with Crippen molar-refractivity contribution < 1.29 is 4.74 Å². The number of aryl methyl sites for hydroxylation is 1. The third-order valence-electron chi connectivity index (χ3n) is 5.33. The summed E-state index contributed by atoms with van der Waals surface area (Å²) < 4.78 is 7.68. The number of anilines is 1. The molecule has 0 aliphatic carbocycles. The molecule has 3 aromatic rings. The van der Waals surface area contributed by atoms with Crippen LogP contribution in [-0.2, 0) is 11.3 Å². The summed E-state index contributed by atoms with van der Waals surface area (Å²) >= 11 is 5.48. The second-order valence-electron chi connectivity index (χ2n) is 7.31. The first-order chi connectivity index (χ1) is 13.6. The first-order valence-electron chi connectivity index (χ1n) is 9.79. The highest BCUT2D eigenvalue weighted by Crippen LogP contribution is 2.23. The number of nitrogens with zero attached hydrogens (tertiary/aromatic N) is 2. The molecule has 1 aromatic heterocycles. The number of rotatable bonds is 5. The fourth-order valence-electron chi connectivity index (χ4n) is 3.79. The van der Waals surface area contributed by atoms with E-state index in [4.69, 9.17) is 22.1 Å². The van der Waals surface area contributed by atoms with Crippen molar-refractivity contribution >= 4 is 33.8 Å². The second kappa shape index (κ2) is 8.29. The van der Waals surface area contributed by atoms with Crippen LogP contribution in [0.5, 0.6) is 0 Å². The highest BCUT2D eigenvalue weighted by Gasteiger charge is 2.17. The fourth-order valence-corrected chi connectivity index (χ4v) is 3.98. The highest BCUT2D eigenvalue weighted by atomic mass is 32.1. The third kappa shape index (κ3) is 4.03. The second-order valence-corrected chi connectivity index (χ2v) is 7.72. The van der Waals surface area contributed by atoms with Crippen LogP contribution in [0.3, 0.4) is 0 Å². The number of aromatic nitrogens is 2. The molecular formula is C22H26N4OS. The Labute approximate surface area is 171 Å². The van der Waals surface area contributed by atoms with Gasteiger partial charge in [-0.05, 0) is 55.2 Å². The van der Waals surface area contributed by atoms with Crippen molar-refractivity contribution in [3.05, 3.63) is 59.4 Å². The van der Waals surface area contributed by atoms with Crippen molar-refractivity contribution in [1.82, 2.24) is 15.1 Å². The van der Waals surface area contributed by atoms with E-state index in [0.717, 1.165) is 49.6 Å². The molecule has 2 N–H and O–H groups in total. The lowest BCUT2D eigenvalue weighted by atomic mass is 10.0. The number of hydrogen-bond acceptors (Lipinski definition) is 3. The molecule has 1 atom stereocenters. The standard InChI is InChI=1S/C22H26N4OS/c1-15-21(24-22(28)23-13-19-10-6-12-27-19)16(2)26(25-15)14-18-9-5-8-17-7-3-4-11-20(17)18/h3-5,7-9,11,19H,6,10,12-14H2,1-2H3,(H2,23,24,28). The van der Waals surface area contributed by atoms with E-state index in [1.165, 1.54) is 16.3 Å². The third-order valence-corrected chi connectivity index (χ3v) is 5.58. The predicted octanol–water partition coefficient (Wildman–Crippen LogP) is 4.17. The number of benzene rings is 2. The Hall–Kier alpha value is -2.44. The maximum absolute atomic E-state index is 5.64. The molecule has 146 valence electrons. The molecule has 6 heteroatoms. The fraction of sp³-hybridized carbons (Fsp3) is 0.364. The number of ether oxygens (including phenoxy) is 1. The number of thiocarbonyl (C=S) groups is 1. The summed E-state index contributed by atoms with van der Waals surface area (Å²) in [6.07, 6.45) is 2.48. The van der Waals surface area contributed by atoms with Gasteiger partial charge < -0.3 is 15.4 Å². The van der Waals surface area contributed by atoms with Crippen LogP contribution in [0.25, 0.3) is 10.8 Å². The minimum absolute atomic E-state index is 0.260. The molecule has 0 saturated carbocycles. The number of fused-ring (bicyclic) bond motifs is 1. The summed E-state index contributed by atoms with van der Waals surface area (Å²) in [6, 6.07) is 14.9. The van der Waals surface area contributed by atoms with Gasteiger partial charge in [-0.15, -0.1) is 0 Å². The summed E-state index contributed by atoms with van der Waals surface area (Å²) in [5.41, 5.74) is 4.25. The largest absolute Gasteiger partial charge is 0.376 e. The highest BCUT2D eigenvalue weighted by molar-refractivity contribution is 7.80. The van der Waals surface area contributed by atoms with Crippen LogP contribution in [-0.4, -0.2) is 34.1 Å². The smallest absolute Gasteiger partial charge is 0.170 e. The maximum atomic E-state index is 5.64. The summed E-state index contributed by atoms with van der Waals surface area (Å²) in [6.45, 7) is 6.42. The summed E-state index contributed by atoms with van der Waals surface area (Å²) in [4.78, 5) is 0. The van der Waals surface area contributed by atoms with E-state index in [2.05, 4.69) is 60.0 Å². The van der Waals surface area contributed by atoms with Crippen LogP contribution >= 0.6 is 12.2 Å². The zero-order valence-electron chi connectivity index (χ0n) is 16.4. The summed E-state index contributed by atoms with van der Waals surface area (Å²) in [5.74, 6) is 0. The van der Waals surface area contributed by atoms with Crippen molar-refractivity contribution in [2.75, 3.05) is 18.5 Å². The Kier molecular flexibility index (Phi) is 5.59. The van der Waals surface area contributed by atoms with Gasteiger partial charge in [-0.2, -0.15) is 5.10 Å². The van der Waals surface area contributed by atoms with E-state index < -0.39 is 0 Å². The molecule has 0 bridgehead atoms. The van der Waals surface area contributed by atoms with Crippen LogP contribution in [0.2, 0.25) is 0 Å². The van der Waals surface area contributed by atoms with Gasteiger partial charge in [-0.1, -0.05) is 42.5 Å². The van der Waals surface area contributed by atoms with Gasteiger partial charge in [0, 0.05) is 13.2 Å². The van der Waals surface area contributed by atoms with Crippen LogP contribution in [0.4, 0.5) is 5.69 Å². The van der Waals surface area contributed by atoms with Gasteiger partial charge in [0.15, 0.2) is 5.11 Å². The molecule has 0 amide bonds. The van der Waals surface area contributed by atoms with E-state index >= 15 is 0 Å². The van der Waals surface area contributed by atoms with Crippen LogP contribution in [0.15, 0.2) is 42.5 Å². The molecule has 4 rings (SSSR count). The van der Waals surface area contributed by atoms with Crippen molar-refractivity contribution in [1.29, 1.82) is 0 Å². The predicted molar refractivity (Wildman–Crippen MR) is 118 cm³/mol. The van der Waals surface area contributed by atoms with Gasteiger partial charge in [-0.3, -0.25) is 4.68 Å². The van der Waals surface area contributed by atoms with Crippen LogP contribution in [0, 0.1) is 13.8 Å². The van der Waals surface area contributed by atoms with E-state index in [1.54, 1.807) is 0 Å². The number of hydrogen-bond donors (Lipinski definition) is 2. The zero-order chi connectivity index (χ0) is 19.5. The molecule has 28 heavy (non-hydrogen) atoms. The van der Waals surface area contributed by atoms with E-state index in [9.17, 15) is 0 Å². The van der Waals surface area contributed by atoms with Gasteiger partial charge in [0.2, 0.25) is 0 Å². The first-order valence-corrected chi connectivity index (χ1v) is 10.2. The van der Waals surface area contributed by atoms with Gasteiger partial charge in [0.05, 0.1) is 29.7 Å². The van der Waals surface area contributed by atoms with Gasteiger partial charge in [-0.25, -0.2) is 0 Å². The Balaban J connectivity index is 1.48. The monoisotopic (exact) mass is 394 g/mol. The zero-order valence-corrected chi connectivity index (χ0v) is 17.2. The molecule has 1 unspecified atom stereocenters. The van der Waals surface area contributed by atoms with Crippen LogP contribution < -0.4 is 10.6 Å². The average Bonchev–Trinajstić information content (AvgIpc) is 3.31. The normalized spacial score (nSPS) is 16.4. The molecule has 0 spiro atoms.